The van der Waals surface area contributed by atoms with Gasteiger partial charge in [-0.1, -0.05) is 12.1 Å². The Balaban J connectivity index is 2.02. The fraction of sp³-hybridized carbons (Fsp3) is 0.381. The number of carbonyl (C=O) groups excluding carboxylic acids is 3. The van der Waals surface area contributed by atoms with Crippen molar-refractivity contribution in [1.82, 2.24) is 0 Å². The van der Waals surface area contributed by atoms with Gasteiger partial charge in [0.15, 0.2) is 11.4 Å². The van der Waals surface area contributed by atoms with Crippen molar-refractivity contribution in [2.24, 2.45) is 17.6 Å². The molecule has 4 rings (SSSR count). The van der Waals surface area contributed by atoms with Gasteiger partial charge in [-0.05, 0) is 25.0 Å². The van der Waals surface area contributed by atoms with Crippen LogP contribution >= 0.6 is 0 Å². The Morgan fingerprint density at radius 3 is 2.50 bits per heavy atom. The molecule has 0 saturated heterocycles. The molecule has 3 aliphatic carbocycles. The average molecular weight is 415 g/mol. The standard InChI is InChI=1S/C21H21NO8/c1-20(30-2)9-4-3-5-11(23)13(9)16(25)14-10(20)6-8-7-12(24)15(19(22)28)18(27)21(8,29)17(14)26/h3-5,8,10,23,25,27,29H,6-7H2,1-2H3,(H2,22,28)/t8-,10-,20+,21-/m0/s1. The summed E-state index contributed by atoms with van der Waals surface area (Å²) in [5.41, 5.74) is 0.724. The molecule has 9 nitrogen and oxygen atoms in total. The molecule has 1 aromatic carbocycles. The number of methoxy groups -OCH3 is 1. The number of carbonyl (C=O) groups is 3. The number of fused-ring (bicyclic) bond motifs is 3. The van der Waals surface area contributed by atoms with Crippen LogP contribution in [0.5, 0.6) is 5.75 Å². The minimum Gasteiger partial charge on any atom is -0.508 e. The van der Waals surface area contributed by atoms with Gasteiger partial charge in [0, 0.05) is 30.9 Å². The van der Waals surface area contributed by atoms with Gasteiger partial charge in [-0.3, -0.25) is 14.4 Å². The molecule has 4 atom stereocenters. The second-order valence-electron chi connectivity index (χ2n) is 8.07. The molecule has 0 unspecified atom stereocenters. The highest BCUT2D eigenvalue weighted by molar-refractivity contribution is 6.22. The molecular formula is C21H21NO8. The molecule has 3 aliphatic rings. The number of phenols is 1. The van der Waals surface area contributed by atoms with Crippen molar-refractivity contribution in [3.63, 3.8) is 0 Å². The number of aromatic hydroxyl groups is 1. The van der Waals surface area contributed by atoms with Crippen molar-refractivity contribution >= 4 is 23.2 Å². The monoisotopic (exact) mass is 415 g/mol. The van der Waals surface area contributed by atoms with E-state index in [1.165, 1.54) is 13.2 Å². The van der Waals surface area contributed by atoms with Crippen LogP contribution in [0.2, 0.25) is 0 Å². The van der Waals surface area contributed by atoms with E-state index < -0.39 is 57.6 Å². The van der Waals surface area contributed by atoms with Crippen molar-refractivity contribution in [3.8, 4) is 5.75 Å². The molecule has 30 heavy (non-hydrogen) atoms. The SMILES string of the molecule is CO[C@]1(C)c2cccc(O)c2C(O)=C2C(=O)[C@]3(O)C(O)=C(C(N)=O)C(=O)C[C@@H]3C[C@@H]21. The zero-order valence-electron chi connectivity index (χ0n) is 16.3. The number of benzene rings is 1. The van der Waals surface area contributed by atoms with Crippen LogP contribution in [-0.2, 0) is 24.7 Å². The van der Waals surface area contributed by atoms with E-state index in [2.05, 4.69) is 0 Å². The first-order valence-corrected chi connectivity index (χ1v) is 9.35. The highest BCUT2D eigenvalue weighted by atomic mass is 16.5. The second-order valence-corrected chi connectivity index (χ2v) is 8.07. The van der Waals surface area contributed by atoms with E-state index in [1.807, 2.05) is 0 Å². The zero-order valence-corrected chi connectivity index (χ0v) is 16.3. The number of ketones is 2. The molecule has 0 radical (unpaired) electrons. The van der Waals surface area contributed by atoms with E-state index in [-0.39, 0.29) is 29.7 Å². The predicted octanol–water partition coefficient (Wildman–Crippen LogP) is 0.743. The molecule has 158 valence electrons. The van der Waals surface area contributed by atoms with Gasteiger partial charge in [0.1, 0.15) is 22.8 Å². The number of rotatable bonds is 2. The summed E-state index contributed by atoms with van der Waals surface area (Å²) in [6.45, 7) is 1.68. The smallest absolute Gasteiger partial charge is 0.255 e. The molecule has 1 aromatic rings. The first kappa shape index (κ1) is 20.1. The molecule has 0 bridgehead atoms. The third-order valence-corrected chi connectivity index (χ3v) is 6.76. The van der Waals surface area contributed by atoms with Crippen molar-refractivity contribution in [2.45, 2.75) is 31.0 Å². The van der Waals surface area contributed by atoms with E-state index >= 15 is 0 Å². The van der Waals surface area contributed by atoms with Gasteiger partial charge in [-0.2, -0.15) is 0 Å². The summed E-state index contributed by atoms with van der Waals surface area (Å²) in [7, 11) is 1.41. The Hall–Kier alpha value is -3.17. The van der Waals surface area contributed by atoms with E-state index in [9.17, 15) is 34.8 Å². The van der Waals surface area contributed by atoms with Crippen LogP contribution in [0.3, 0.4) is 0 Å². The topological polar surface area (TPSA) is 167 Å². The molecule has 9 heteroatoms. The number of aliphatic hydroxyl groups is 3. The van der Waals surface area contributed by atoms with Gasteiger partial charge in [0.25, 0.3) is 5.91 Å². The Kier molecular flexibility index (Phi) is 4.13. The van der Waals surface area contributed by atoms with Crippen LogP contribution < -0.4 is 5.73 Å². The highest BCUT2D eigenvalue weighted by Gasteiger charge is 2.63. The maximum absolute atomic E-state index is 13.5. The number of amides is 1. The summed E-state index contributed by atoms with van der Waals surface area (Å²) >= 11 is 0. The molecule has 1 saturated carbocycles. The Labute approximate surface area is 171 Å². The number of Topliss-reactive ketones (excluding diaryl/α,β-unsaturated/α-hetero) is 2. The van der Waals surface area contributed by atoms with Gasteiger partial charge in [-0.25, -0.2) is 0 Å². The molecule has 1 fully saturated rings. The van der Waals surface area contributed by atoms with Crippen molar-refractivity contribution < 1.29 is 39.5 Å². The zero-order chi connectivity index (χ0) is 22.2. The minimum absolute atomic E-state index is 0.0110. The molecule has 0 spiro atoms. The predicted molar refractivity (Wildman–Crippen MR) is 102 cm³/mol. The maximum atomic E-state index is 13.5. The Bertz CT molecular complexity index is 1090. The fourth-order valence-electron chi connectivity index (χ4n) is 5.11. The lowest BCUT2D eigenvalue weighted by molar-refractivity contribution is -0.154. The Morgan fingerprint density at radius 2 is 1.90 bits per heavy atom. The number of primary amides is 1. The molecule has 1 amide bonds. The summed E-state index contributed by atoms with van der Waals surface area (Å²) < 4.78 is 5.73. The summed E-state index contributed by atoms with van der Waals surface area (Å²) in [6, 6.07) is 4.55. The average Bonchev–Trinajstić information content (AvgIpc) is 2.68. The van der Waals surface area contributed by atoms with Gasteiger partial charge >= 0.3 is 0 Å². The van der Waals surface area contributed by atoms with Crippen LogP contribution in [0, 0.1) is 11.8 Å². The van der Waals surface area contributed by atoms with Crippen molar-refractivity contribution in [1.29, 1.82) is 0 Å². The van der Waals surface area contributed by atoms with Crippen molar-refractivity contribution in [2.75, 3.05) is 7.11 Å². The number of nitrogens with two attached hydrogens (primary N) is 1. The molecule has 0 aliphatic heterocycles. The number of phenolic OH excluding ortho intramolecular Hbond substituents is 1. The lowest BCUT2D eigenvalue weighted by Gasteiger charge is -2.51. The van der Waals surface area contributed by atoms with Gasteiger partial charge < -0.3 is 30.9 Å². The van der Waals surface area contributed by atoms with Crippen LogP contribution in [-0.4, -0.2) is 50.6 Å². The van der Waals surface area contributed by atoms with Gasteiger partial charge in [-0.15, -0.1) is 0 Å². The van der Waals surface area contributed by atoms with E-state index in [1.54, 1.807) is 19.1 Å². The maximum Gasteiger partial charge on any atom is 0.255 e. The third kappa shape index (κ3) is 2.21. The molecular weight excluding hydrogens is 394 g/mol. The normalized spacial score (nSPS) is 33.2. The molecule has 6 N–H and O–H groups in total. The highest BCUT2D eigenvalue weighted by Crippen LogP contribution is 2.57. The number of ether oxygens (including phenoxy) is 1. The number of hydrogen-bond donors (Lipinski definition) is 5. The molecule has 0 heterocycles. The number of aliphatic hydroxyl groups excluding tert-OH is 2. The van der Waals surface area contributed by atoms with Gasteiger partial charge in [0.05, 0.1) is 11.2 Å². The fourth-order valence-corrected chi connectivity index (χ4v) is 5.11. The lowest BCUT2D eigenvalue weighted by Crippen LogP contribution is -2.60. The van der Waals surface area contributed by atoms with Crippen LogP contribution in [0.25, 0.3) is 5.76 Å². The largest absolute Gasteiger partial charge is 0.508 e. The summed E-state index contributed by atoms with van der Waals surface area (Å²) in [6.07, 6.45) is -0.398. The summed E-state index contributed by atoms with van der Waals surface area (Å²) in [4.78, 5) is 37.5. The quantitative estimate of drug-likeness (QED) is 0.441. The number of hydrogen-bond acceptors (Lipinski definition) is 8. The van der Waals surface area contributed by atoms with E-state index in [0.717, 1.165) is 0 Å². The van der Waals surface area contributed by atoms with Crippen LogP contribution in [0.1, 0.15) is 30.9 Å². The summed E-state index contributed by atoms with van der Waals surface area (Å²) in [5.74, 6) is -6.90. The third-order valence-electron chi connectivity index (χ3n) is 6.76. The van der Waals surface area contributed by atoms with E-state index in [0.29, 0.717) is 5.56 Å². The van der Waals surface area contributed by atoms with Gasteiger partial charge in [0.2, 0.25) is 5.78 Å². The first-order valence-electron chi connectivity index (χ1n) is 9.35. The van der Waals surface area contributed by atoms with Crippen LogP contribution in [0.4, 0.5) is 0 Å². The lowest BCUT2D eigenvalue weighted by atomic mass is 9.56. The summed E-state index contributed by atoms with van der Waals surface area (Å²) in [5, 5.41) is 43.0. The minimum atomic E-state index is -2.60. The van der Waals surface area contributed by atoms with E-state index in [4.69, 9.17) is 10.5 Å². The van der Waals surface area contributed by atoms with Crippen molar-refractivity contribution in [3.05, 3.63) is 46.2 Å². The first-order chi connectivity index (χ1) is 14.0. The van der Waals surface area contributed by atoms with Crippen LogP contribution in [0.15, 0.2) is 35.1 Å². The molecule has 0 aromatic heterocycles. The second kappa shape index (κ2) is 6.16. The Morgan fingerprint density at radius 1 is 1.23 bits per heavy atom.